The van der Waals surface area contributed by atoms with Gasteiger partial charge >= 0.3 is 0 Å². The van der Waals surface area contributed by atoms with E-state index in [1.807, 2.05) is 35.2 Å². The van der Waals surface area contributed by atoms with Crippen molar-refractivity contribution in [1.29, 1.82) is 0 Å². The molecule has 0 saturated carbocycles. The van der Waals surface area contributed by atoms with Gasteiger partial charge in [-0.3, -0.25) is 9.59 Å². The Bertz CT molecular complexity index is 782. The molecule has 1 aliphatic heterocycles. The quantitative estimate of drug-likeness (QED) is 0.813. The van der Waals surface area contributed by atoms with Gasteiger partial charge in [0.15, 0.2) is 6.61 Å². The molecule has 0 N–H and O–H groups in total. The summed E-state index contributed by atoms with van der Waals surface area (Å²) in [5.41, 5.74) is 0.989. The van der Waals surface area contributed by atoms with Gasteiger partial charge in [-0.05, 0) is 24.1 Å². The Balaban J connectivity index is 1.48. The molecular formula is C21H23FN2O3. The standard InChI is InChI=1S/C21H23FN2O3/c22-18-8-4-9-19(15-18)27-16-21(26)24-11-5-10-23(12-13-24)20(25)14-17-6-2-1-3-7-17/h1-4,6-9,15H,5,10-14,16H2. The van der Waals surface area contributed by atoms with Gasteiger partial charge in [0.05, 0.1) is 6.42 Å². The van der Waals surface area contributed by atoms with E-state index in [9.17, 15) is 14.0 Å². The lowest BCUT2D eigenvalue weighted by molar-refractivity contribution is -0.134. The Labute approximate surface area is 158 Å². The first-order valence-corrected chi connectivity index (χ1v) is 9.09. The number of halogens is 1. The van der Waals surface area contributed by atoms with Crippen LogP contribution in [0.3, 0.4) is 0 Å². The van der Waals surface area contributed by atoms with Crippen LogP contribution in [0, 0.1) is 5.82 Å². The van der Waals surface area contributed by atoms with Crippen LogP contribution in [0.4, 0.5) is 4.39 Å². The number of benzene rings is 2. The van der Waals surface area contributed by atoms with Crippen LogP contribution in [0.5, 0.6) is 5.75 Å². The molecule has 2 aromatic carbocycles. The molecule has 1 fully saturated rings. The highest BCUT2D eigenvalue weighted by atomic mass is 19.1. The van der Waals surface area contributed by atoms with Gasteiger partial charge in [-0.15, -0.1) is 0 Å². The van der Waals surface area contributed by atoms with E-state index in [1.54, 1.807) is 11.0 Å². The van der Waals surface area contributed by atoms with Crippen LogP contribution in [-0.4, -0.2) is 54.4 Å². The number of nitrogens with zero attached hydrogens (tertiary/aromatic N) is 2. The third-order valence-electron chi connectivity index (χ3n) is 4.56. The van der Waals surface area contributed by atoms with E-state index in [1.165, 1.54) is 18.2 Å². The van der Waals surface area contributed by atoms with E-state index in [4.69, 9.17) is 4.74 Å². The fourth-order valence-corrected chi connectivity index (χ4v) is 3.09. The van der Waals surface area contributed by atoms with Crippen LogP contribution >= 0.6 is 0 Å². The first kappa shape index (κ1) is 18.9. The van der Waals surface area contributed by atoms with Crippen molar-refractivity contribution in [3.8, 4) is 5.75 Å². The van der Waals surface area contributed by atoms with Gasteiger partial charge in [-0.25, -0.2) is 4.39 Å². The van der Waals surface area contributed by atoms with E-state index in [2.05, 4.69) is 0 Å². The lowest BCUT2D eigenvalue weighted by atomic mass is 10.1. The van der Waals surface area contributed by atoms with Gasteiger partial charge in [-0.1, -0.05) is 36.4 Å². The fourth-order valence-electron chi connectivity index (χ4n) is 3.09. The maximum Gasteiger partial charge on any atom is 0.260 e. The molecule has 1 heterocycles. The number of hydrogen-bond acceptors (Lipinski definition) is 3. The summed E-state index contributed by atoms with van der Waals surface area (Å²) < 4.78 is 18.5. The number of rotatable bonds is 5. The Morgan fingerprint density at radius 3 is 2.30 bits per heavy atom. The minimum Gasteiger partial charge on any atom is -0.484 e. The van der Waals surface area contributed by atoms with Gasteiger partial charge in [0.2, 0.25) is 5.91 Å². The van der Waals surface area contributed by atoms with E-state index < -0.39 is 5.82 Å². The Morgan fingerprint density at radius 2 is 1.59 bits per heavy atom. The molecule has 0 radical (unpaired) electrons. The van der Waals surface area contributed by atoms with Crippen molar-refractivity contribution in [2.24, 2.45) is 0 Å². The highest BCUT2D eigenvalue weighted by Gasteiger charge is 2.22. The molecule has 0 bridgehead atoms. The molecule has 0 atom stereocenters. The molecule has 6 heteroatoms. The zero-order valence-electron chi connectivity index (χ0n) is 15.1. The molecule has 2 amide bonds. The van der Waals surface area contributed by atoms with Crippen molar-refractivity contribution in [3.63, 3.8) is 0 Å². The number of amides is 2. The summed E-state index contributed by atoms with van der Waals surface area (Å²) in [6.07, 6.45) is 1.10. The van der Waals surface area contributed by atoms with E-state index >= 15 is 0 Å². The lowest BCUT2D eigenvalue weighted by Gasteiger charge is -2.22. The van der Waals surface area contributed by atoms with Crippen molar-refractivity contribution < 1.29 is 18.7 Å². The highest BCUT2D eigenvalue weighted by molar-refractivity contribution is 5.80. The zero-order valence-corrected chi connectivity index (χ0v) is 15.1. The first-order valence-electron chi connectivity index (χ1n) is 9.09. The van der Waals surface area contributed by atoms with Crippen LogP contribution < -0.4 is 4.74 Å². The van der Waals surface area contributed by atoms with Crippen LogP contribution in [0.1, 0.15) is 12.0 Å². The SMILES string of the molecule is O=C(COc1cccc(F)c1)N1CCCN(C(=O)Cc2ccccc2)CC1. The molecule has 1 saturated heterocycles. The summed E-state index contributed by atoms with van der Waals surface area (Å²) in [5, 5.41) is 0. The van der Waals surface area contributed by atoms with Gasteiger partial charge in [0, 0.05) is 32.2 Å². The van der Waals surface area contributed by atoms with Gasteiger partial charge in [0.1, 0.15) is 11.6 Å². The summed E-state index contributed by atoms with van der Waals surface area (Å²) in [6.45, 7) is 2.07. The lowest BCUT2D eigenvalue weighted by Crippen LogP contribution is -2.39. The molecule has 3 rings (SSSR count). The van der Waals surface area contributed by atoms with E-state index in [0.717, 1.165) is 12.0 Å². The molecule has 0 aromatic heterocycles. The summed E-state index contributed by atoms with van der Waals surface area (Å²) in [7, 11) is 0. The minimum absolute atomic E-state index is 0.0755. The molecule has 0 aliphatic carbocycles. The van der Waals surface area contributed by atoms with E-state index in [0.29, 0.717) is 38.3 Å². The molecule has 1 aliphatic rings. The topological polar surface area (TPSA) is 49.9 Å². The van der Waals surface area contributed by atoms with Crippen molar-refractivity contribution in [3.05, 3.63) is 66.0 Å². The molecule has 142 valence electrons. The van der Waals surface area contributed by atoms with Crippen LogP contribution in [0.2, 0.25) is 0 Å². The fraction of sp³-hybridized carbons (Fsp3) is 0.333. The Hall–Kier alpha value is -2.89. The number of ether oxygens (including phenoxy) is 1. The predicted molar refractivity (Wildman–Crippen MR) is 99.8 cm³/mol. The second-order valence-corrected chi connectivity index (χ2v) is 6.52. The average Bonchev–Trinajstić information content (AvgIpc) is 2.93. The molecule has 27 heavy (non-hydrogen) atoms. The summed E-state index contributed by atoms with van der Waals surface area (Å²) in [5.74, 6) is -0.150. The van der Waals surface area contributed by atoms with Crippen molar-refractivity contribution in [2.75, 3.05) is 32.8 Å². The average molecular weight is 370 g/mol. The molecular weight excluding hydrogens is 347 g/mol. The Morgan fingerprint density at radius 1 is 0.889 bits per heavy atom. The second kappa shape index (κ2) is 9.16. The Kier molecular flexibility index (Phi) is 6.41. The van der Waals surface area contributed by atoms with Gasteiger partial charge < -0.3 is 14.5 Å². The summed E-state index contributed by atoms with van der Waals surface area (Å²) in [4.78, 5) is 28.4. The van der Waals surface area contributed by atoms with Gasteiger partial charge in [-0.2, -0.15) is 0 Å². The normalized spacial score (nSPS) is 14.6. The summed E-state index contributed by atoms with van der Waals surface area (Å²) in [6, 6.07) is 15.4. The second-order valence-electron chi connectivity index (χ2n) is 6.52. The van der Waals surface area contributed by atoms with Crippen molar-refractivity contribution in [2.45, 2.75) is 12.8 Å². The predicted octanol–water partition coefficient (Wildman–Crippen LogP) is 2.51. The van der Waals surface area contributed by atoms with Crippen molar-refractivity contribution >= 4 is 11.8 Å². The number of hydrogen-bond donors (Lipinski definition) is 0. The number of carbonyl (C=O) groups excluding carboxylic acids is 2. The maximum atomic E-state index is 13.2. The maximum absolute atomic E-state index is 13.2. The largest absolute Gasteiger partial charge is 0.484 e. The highest BCUT2D eigenvalue weighted by Crippen LogP contribution is 2.13. The first-order chi connectivity index (χ1) is 13.1. The van der Waals surface area contributed by atoms with Crippen LogP contribution in [0.25, 0.3) is 0 Å². The summed E-state index contributed by atoms with van der Waals surface area (Å²) >= 11 is 0. The molecule has 0 unspecified atom stereocenters. The monoisotopic (exact) mass is 370 g/mol. The molecule has 2 aromatic rings. The molecule has 0 spiro atoms. The minimum atomic E-state index is -0.401. The van der Waals surface area contributed by atoms with Crippen LogP contribution in [-0.2, 0) is 16.0 Å². The zero-order chi connectivity index (χ0) is 19.1. The molecule has 5 nitrogen and oxygen atoms in total. The van der Waals surface area contributed by atoms with E-state index in [-0.39, 0.29) is 18.4 Å². The third-order valence-corrected chi connectivity index (χ3v) is 4.56. The van der Waals surface area contributed by atoms with Crippen LogP contribution in [0.15, 0.2) is 54.6 Å². The number of carbonyl (C=O) groups is 2. The smallest absolute Gasteiger partial charge is 0.260 e. The van der Waals surface area contributed by atoms with Gasteiger partial charge in [0.25, 0.3) is 5.91 Å². The third kappa shape index (κ3) is 5.54. The van der Waals surface area contributed by atoms with Crippen molar-refractivity contribution in [1.82, 2.24) is 9.80 Å².